The van der Waals surface area contributed by atoms with Crippen LogP contribution in [-0.2, 0) is 16.1 Å². The van der Waals surface area contributed by atoms with Crippen molar-refractivity contribution in [3.8, 4) is 0 Å². The third-order valence-corrected chi connectivity index (χ3v) is 8.46. The largest absolute Gasteiger partial charge is 0.593 e. The number of ether oxygens (including phenoxy) is 1. The Morgan fingerprint density at radius 2 is 1.85 bits per heavy atom. The predicted octanol–water partition coefficient (Wildman–Crippen LogP) is 3.64. The van der Waals surface area contributed by atoms with Crippen LogP contribution in [0.25, 0.3) is 0 Å². The molecule has 144 valence electrons. The summed E-state index contributed by atoms with van der Waals surface area (Å²) in [6.45, 7) is 8.07. The van der Waals surface area contributed by atoms with Crippen LogP contribution in [0.2, 0.25) is 5.02 Å². The molecule has 6 heteroatoms. The summed E-state index contributed by atoms with van der Waals surface area (Å²) in [5.41, 5.74) is 1.53. The molecule has 1 atom stereocenters. The lowest BCUT2D eigenvalue weighted by atomic mass is 9.78. The third kappa shape index (κ3) is 3.94. The Labute approximate surface area is 165 Å². The van der Waals surface area contributed by atoms with Crippen LogP contribution in [0.1, 0.15) is 37.7 Å². The Kier molecular flexibility index (Phi) is 5.84. The standard InChI is InChI=1S/C20H29ClN2O2S/c1-16-2-3-19(18(21)14-16)26(24)23-10-7-20(8-11-23)6-9-22(15-20)17-4-12-25-13-5-17/h2-3,14,17H,4-13,15H2,1H3. The quantitative estimate of drug-likeness (QED) is 0.731. The minimum atomic E-state index is -1.15. The number of piperidine rings is 1. The first-order chi connectivity index (χ1) is 12.6. The fraction of sp³-hybridized carbons (Fsp3) is 0.700. The van der Waals surface area contributed by atoms with Gasteiger partial charge in [0.25, 0.3) is 0 Å². The lowest BCUT2D eigenvalue weighted by Crippen LogP contribution is -2.45. The molecular weight excluding hydrogens is 368 g/mol. The molecule has 4 nitrogen and oxygen atoms in total. The van der Waals surface area contributed by atoms with Crippen LogP contribution in [0.5, 0.6) is 0 Å². The topological polar surface area (TPSA) is 38.8 Å². The Bertz CT molecular complexity index is 630. The lowest BCUT2D eigenvalue weighted by Gasteiger charge is -2.39. The molecule has 0 aliphatic carbocycles. The van der Waals surface area contributed by atoms with Gasteiger partial charge in [0.2, 0.25) is 0 Å². The SMILES string of the molecule is Cc1ccc([S+]([O-])N2CCC3(CCN(C4CCOCC4)C3)CC2)c(Cl)c1. The summed E-state index contributed by atoms with van der Waals surface area (Å²) in [6.07, 6.45) is 5.93. The van der Waals surface area contributed by atoms with Crippen molar-refractivity contribution in [1.29, 1.82) is 0 Å². The van der Waals surface area contributed by atoms with Gasteiger partial charge in [-0.3, -0.25) is 4.90 Å². The molecule has 3 fully saturated rings. The zero-order valence-electron chi connectivity index (χ0n) is 15.6. The van der Waals surface area contributed by atoms with Gasteiger partial charge in [-0.05, 0) is 68.7 Å². The maximum atomic E-state index is 13.0. The number of aryl methyl sites for hydroxylation is 1. The van der Waals surface area contributed by atoms with Gasteiger partial charge in [-0.2, -0.15) is 0 Å². The summed E-state index contributed by atoms with van der Waals surface area (Å²) in [6, 6.07) is 6.53. The molecule has 26 heavy (non-hydrogen) atoms. The highest BCUT2D eigenvalue weighted by atomic mass is 35.5. The fourth-order valence-electron chi connectivity index (χ4n) is 4.75. The zero-order chi connectivity index (χ0) is 18.1. The van der Waals surface area contributed by atoms with Crippen LogP contribution < -0.4 is 0 Å². The minimum Gasteiger partial charge on any atom is -0.593 e. The van der Waals surface area contributed by atoms with Crippen molar-refractivity contribution in [3.63, 3.8) is 0 Å². The number of hydrogen-bond acceptors (Lipinski definition) is 4. The predicted molar refractivity (Wildman–Crippen MR) is 106 cm³/mol. The highest BCUT2D eigenvalue weighted by Crippen LogP contribution is 2.43. The minimum absolute atomic E-state index is 0.427. The Morgan fingerprint density at radius 3 is 2.54 bits per heavy atom. The van der Waals surface area contributed by atoms with Gasteiger partial charge in [0.1, 0.15) is 0 Å². The molecule has 3 aliphatic heterocycles. The molecule has 1 spiro atoms. The smallest absolute Gasteiger partial charge is 0.192 e. The third-order valence-electron chi connectivity index (χ3n) is 6.47. The molecule has 0 amide bonds. The van der Waals surface area contributed by atoms with Gasteiger partial charge >= 0.3 is 0 Å². The molecule has 0 bridgehead atoms. The number of hydrogen-bond donors (Lipinski definition) is 0. The Balaban J connectivity index is 1.35. The first-order valence-corrected chi connectivity index (χ1v) is 11.3. The van der Waals surface area contributed by atoms with Gasteiger partial charge < -0.3 is 9.29 Å². The van der Waals surface area contributed by atoms with E-state index in [0.717, 1.165) is 49.6 Å². The van der Waals surface area contributed by atoms with Crippen LogP contribution >= 0.6 is 11.6 Å². The molecule has 0 radical (unpaired) electrons. The number of benzene rings is 1. The van der Waals surface area contributed by atoms with Crippen molar-refractivity contribution in [2.75, 3.05) is 39.4 Å². The van der Waals surface area contributed by atoms with Crippen molar-refractivity contribution in [3.05, 3.63) is 28.8 Å². The van der Waals surface area contributed by atoms with Gasteiger partial charge in [-0.25, -0.2) is 0 Å². The second-order valence-electron chi connectivity index (χ2n) is 8.18. The average Bonchev–Trinajstić information content (AvgIpc) is 3.06. The molecule has 3 saturated heterocycles. The molecule has 1 unspecified atom stereocenters. The summed E-state index contributed by atoms with van der Waals surface area (Å²) in [4.78, 5) is 3.45. The molecule has 3 heterocycles. The maximum Gasteiger partial charge on any atom is 0.192 e. The van der Waals surface area contributed by atoms with E-state index < -0.39 is 11.4 Å². The van der Waals surface area contributed by atoms with E-state index in [2.05, 4.69) is 9.21 Å². The number of rotatable bonds is 3. The number of likely N-dealkylation sites (tertiary alicyclic amines) is 1. The monoisotopic (exact) mass is 396 g/mol. The van der Waals surface area contributed by atoms with Crippen molar-refractivity contribution < 1.29 is 9.29 Å². The fourth-order valence-corrected chi connectivity index (χ4v) is 6.39. The van der Waals surface area contributed by atoms with Crippen LogP contribution in [0.4, 0.5) is 0 Å². The first-order valence-electron chi connectivity index (χ1n) is 9.81. The molecule has 4 rings (SSSR count). The second kappa shape index (κ2) is 7.98. The average molecular weight is 397 g/mol. The van der Waals surface area contributed by atoms with E-state index in [0.29, 0.717) is 16.5 Å². The van der Waals surface area contributed by atoms with Crippen LogP contribution in [0.15, 0.2) is 23.1 Å². The summed E-state index contributed by atoms with van der Waals surface area (Å²) >= 11 is 5.18. The van der Waals surface area contributed by atoms with Crippen molar-refractivity contribution in [1.82, 2.24) is 9.21 Å². The first kappa shape index (κ1) is 19.0. The molecule has 0 aromatic heterocycles. The van der Waals surface area contributed by atoms with Crippen LogP contribution in [0, 0.1) is 12.3 Å². The maximum absolute atomic E-state index is 13.0. The molecular formula is C20H29ClN2O2S. The zero-order valence-corrected chi connectivity index (χ0v) is 17.2. The van der Waals surface area contributed by atoms with Gasteiger partial charge in [0.05, 0.1) is 16.4 Å². The summed E-state index contributed by atoms with van der Waals surface area (Å²) in [5, 5.41) is 0.621. The van der Waals surface area contributed by atoms with E-state index in [1.165, 1.54) is 32.4 Å². The van der Waals surface area contributed by atoms with Crippen LogP contribution in [0.3, 0.4) is 0 Å². The highest BCUT2D eigenvalue weighted by Gasteiger charge is 2.44. The van der Waals surface area contributed by atoms with E-state index in [9.17, 15) is 4.55 Å². The highest BCUT2D eigenvalue weighted by molar-refractivity contribution is 7.89. The van der Waals surface area contributed by atoms with Gasteiger partial charge in [0.15, 0.2) is 4.90 Å². The molecule has 0 N–H and O–H groups in total. The summed E-state index contributed by atoms with van der Waals surface area (Å²) in [7, 11) is 0. The van der Waals surface area contributed by atoms with E-state index in [1.54, 1.807) is 0 Å². The van der Waals surface area contributed by atoms with E-state index >= 15 is 0 Å². The van der Waals surface area contributed by atoms with E-state index in [1.807, 2.05) is 25.1 Å². The van der Waals surface area contributed by atoms with Gasteiger partial charge in [-0.15, -0.1) is 4.31 Å². The molecule has 1 aromatic carbocycles. The second-order valence-corrected chi connectivity index (χ2v) is 10.0. The van der Waals surface area contributed by atoms with Crippen LogP contribution in [-0.4, -0.2) is 59.2 Å². The lowest BCUT2D eigenvalue weighted by molar-refractivity contribution is 0.0353. The summed E-state index contributed by atoms with van der Waals surface area (Å²) in [5.74, 6) is 0. The number of halogens is 1. The number of nitrogens with zero attached hydrogens (tertiary/aromatic N) is 2. The van der Waals surface area contributed by atoms with Crippen molar-refractivity contribution >= 4 is 23.0 Å². The van der Waals surface area contributed by atoms with E-state index in [4.69, 9.17) is 16.3 Å². The summed E-state index contributed by atoms with van der Waals surface area (Å²) < 4.78 is 20.6. The molecule has 3 aliphatic rings. The molecule has 0 saturated carbocycles. The van der Waals surface area contributed by atoms with Gasteiger partial charge in [-0.1, -0.05) is 17.7 Å². The Hall–Kier alpha value is -0.300. The normalized spacial score (nSPS) is 26.4. The molecule has 1 aromatic rings. The van der Waals surface area contributed by atoms with Crippen molar-refractivity contribution in [2.45, 2.75) is 50.0 Å². The van der Waals surface area contributed by atoms with Crippen molar-refractivity contribution in [2.24, 2.45) is 5.41 Å². The van der Waals surface area contributed by atoms with Gasteiger partial charge in [0, 0.05) is 38.9 Å². The van der Waals surface area contributed by atoms with E-state index in [-0.39, 0.29) is 0 Å². The Morgan fingerprint density at radius 1 is 1.15 bits per heavy atom.